The number of nitriles is 1. The molecule has 8 nitrogen and oxygen atoms in total. The minimum Gasteiger partial charge on any atom is -0.506 e. The van der Waals surface area contributed by atoms with E-state index in [9.17, 15) is 10.4 Å². The summed E-state index contributed by atoms with van der Waals surface area (Å²) in [5, 5.41) is 21.9. The van der Waals surface area contributed by atoms with Gasteiger partial charge in [-0.25, -0.2) is 0 Å². The molecule has 1 aliphatic heterocycles. The number of aromatic nitrogens is 1. The van der Waals surface area contributed by atoms with Gasteiger partial charge in [0.1, 0.15) is 28.7 Å². The van der Waals surface area contributed by atoms with Gasteiger partial charge in [-0.3, -0.25) is 4.98 Å². The van der Waals surface area contributed by atoms with E-state index < -0.39 is 5.41 Å². The Bertz CT molecular complexity index is 1370. The predicted molar refractivity (Wildman–Crippen MR) is 158 cm³/mol. The van der Waals surface area contributed by atoms with Crippen molar-refractivity contribution in [3.05, 3.63) is 76.6 Å². The van der Waals surface area contributed by atoms with E-state index in [1.54, 1.807) is 27.5 Å². The quantitative estimate of drug-likeness (QED) is 0.281. The highest BCUT2D eigenvalue weighted by atomic mass is 16.5. The summed E-state index contributed by atoms with van der Waals surface area (Å²) in [6, 6.07) is 16.2. The van der Waals surface area contributed by atoms with E-state index in [0.29, 0.717) is 17.7 Å². The first-order chi connectivity index (χ1) is 19.8. The number of pyridine rings is 1. The van der Waals surface area contributed by atoms with Crippen molar-refractivity contribution in [2.45, 2.75) is 51.2 Å². The fourth-order valence-corrected chi connectivity index (χ4v) is 5.58. The largest absolute Gasteiger partial charge is 0.506 e. The van der Waals surface area contributed by atoms with Crippen LogP contribution in [0.3, 0.4) is 0 Å². The Hall–Kier alpha value is -3.80. The molecule has 2 heterocycles. The number of hydrogen-bond donors (Lipinski definition) is 1. The topological polar surface area (TPSA) is 97.1 Å². The van der Waals surface area contributed by atoms with Gasteiger partial charge in [-0.2, -0.15) is 5.26 Å². The molecule has 2 aromatic carbocycles. The molecule has 8 heteroatoms. The molecule has 1 aliphatic rings. The SMILES string of the molecule is COc1ccc(C2OCc3c2cnc(C(C#N)(CCCN(C)CCc2ccc(OC)c(OC)c2)C(C)C)c3O)cc1. The van der Waals surface area contributed by atoms with Crippen LogP contribution in [0.15, 0.2) is 48.7 Å². The molecule has 0 fully saturated rings. The second-order valence-electron chi connectivity index (χ2n) is 10.9. The molecule has 0 saturated carbocycles. The maximum absolute atomic E-state index is 11.4. The van der Waals surface area contributed by atoms with Crippen molar-refractivity contribution < 1.29 is 24.1 Å². The Kier molecular flexibility index (Phi) is 9.74. The summed E-state index contributed by atoms with van der Waals surface area (Å²) >= 11 is 0. The van der Waals surface area contributed by atoms with Crippen LogP contribution in [-0.2, 0) is 23.2 Å². The van der Waals surface area contributed by atoms with Gasteiger partial charge >= 0.3 is 0 Å². The van der Waals surface area contributed by atoms with E-state index in [1.165, 1.54) is 5.56 Å². The van der Waals surface area contributed by atoms with Crippen LogP contribution < -0.4 is 14.2 Å². The molecule has 0 bridgehead atoms. The first-order valence-electron chi connectivity index (χ1n) is 14.0. The number of benzene rings is 2. The summed E-state index contributed by atoms with van der Waals surface area (Å²) in [6.45, 7) is 6.00. The standard InChI is InChI=1S/C33H41N3O5/c1-22(2)33(21-34,15-7-16-36(3)17-14-23-8-13-28(39-5)29(18-23)40-6)32-30(37)27-20-41-31(26(27)19-35-32)24-9-11-25(38-4)12-10-24/h8-13,18-19,22,31,37H,7,14-17,20H2,1-6H3. The Morgan fingerprint density at radius 2 is 1.80 bits per heavy atom. The molecule has 3 aromatic rings. The summed E-state index contributed by atoms with van der Waals surface area (Å²) < 4.78 is 22.1. The van der Waals surface area contributed by atoms with Gasteiger partial charge in [0.15, 0.2) is 11.5 Å². The Morgan fingerprint density at radius 3 is 2.44 bits per heavy atom. The van der Waals surface area contributed by atoms with E-state index >= 15 is 0 Å². The lowest BCUT2D eigenvalue weighted by atomic mass is 9.71. The van der Waals surface area contributed by atoms with Gasteiger partial charge < -0.3 is 29.0 Å². The van der Waals surface area contributed by atoms with Crippen LogP contribution in [0.1, 0.15) is 60.7 Å². The lowest BCUT2D eigenvalue weighted by molar-refractivity contribution is 0.0931. The summed E-state index contributed by atoms with van der Waals surface area (Å²) in [5.41, 5.74) is 3.21. The second kappa shape index (κ2) is 13.2. The molecule has 4 rings (SSSR count). The van der Waals surface area contributed by atoms with Crippen molar-refractivity contribution in [3.8, 4) is 29.1 Å². The molecule has 2 atom stereocenters. The van der Waals surface area contributed by atoms with Gasteiger partial charge in [-0.15, -0.1) is 0 Å². The summed E-state index contributed by atoms with van der Waals surface area (Å²) in [6.07, 6.45) is 3.70. The van der Waals surface area contributed by atoms with Crippen LogP contribution >= 0.6 is 0 Å². The molecule has 0 amide bonds. The molecule has 0 aliphatic carbocycles. The van der Waals surface area contributed by atoms with Gasteiger partial charge in [0, 0.05) is 23.9 Å². The number of rotatable bonds is 13. The van der Waals surface area contributed by atoms with E-state index in [1.807, 2.05) is 50.2 Å². The van der Waals surface area contributed by atoms with Gasteiger partial charge in [0.25, 0.3) is 0 Å². The lowest BCUT2D eigenvalue weighted by Crippen LogP contribution is -2.34. The number of nitrogens with zero attached hydrogens (tertiary/aromatic N) is 3. The molecule has 218 valence electrons. The number of fused-ring (bicyclic) bond motifs is 1. The van der Waals surface area contributed by atoms with Gasteiger partial charge in [0.05, 0.1) is 34.0 Å². The molecule has 1 aromatic heterocycles. The van der Waals surface area contributed by atoms with Gasteiger partial charge in [-0.1, -0.05) is 32.0 Å². The van der Waals surface area contributed by atoms with Crippen molar-refractivity contribution in [1.82, 2.24) is 9.88 Å². The van der Waals surface area contributed by atoms with E-state index in [-0.39, 0.29) is 24.4 Å². The first kappa shape index (κ1) is 30.2. The third-order valence-corrected chi connectivity index (χ3v) is 8.24. The maximum Gasteiger partial charge on any atom is 0.160 e. The third kappa shape index (κ3) is 6.27. The minimum atomic E-state index is -0.915. The monoisotopic (exact) mass is 559 g/mol. The van der Waals surface area contributed by atoms with Crippen LogP contribution in [-0.4, -0.2) is 56.5 Å². The molecule has 0 saturated heterocycles. The first-order valence-corrected chi connectivity index (χ1v) is 14.0. The van der Waals surface area contributed by atoms with Crippen molar-refractivity contribution >= 4 is 0 Å². The molecule has 1 N–H and O–H groups in total. The molecular formula is C33H41N3O5. The molecule has 0 spiro atoms. The maximum atomic E-state index is 11.4. The number of ether oxygens (including phenoxy) is 4. The molecular weight excluding hydrogens is 518 g/mol. The van der Waals surface area contributed by atoms with Gasteiger partial charge in [0.2, 0.25) is 0 Å². The average Bonchev–Trinajstić information content (AvgIpc) is 3.43. The van der Waals surface area contributed by atoms with Crippen LogP contribution in [0.5, 0.6) is 23.0 Å². The average molecular weight is 560 g/mol. The zero-order chi connectivity index (χ0) is 29.6. The molecule has 41 heavy (non-hydrogen) atoms. The predicted octanol–water partition coefficient (Wildman–Crippen LogP) is 5.80. The van der Waals surface area contributed by atoms with E-state index in [2.05, 4.69) is 24.1 Å². The highest BCUT2D eigenvalue weighted by molar-refractivity contribution is 5.51. The Balaban J connectivity index is 1.45. The van der Waals surface area contributed by atoms with Crippen LogP contribution in [0.2, 0.25) is 0 Å². The van der Waals surface area contributed by atoms with Crippen molar-refractivity contribution in [1.29, 1.82) is 5.26 Å². The fraction of sp³-hybridized carbons (Fsp3) is 0.455. The van der Waals surface area contributed by atoms with Crippen LogP contribution in [0.4, 0.5) is 0 Å². The number of hydrogen-bond acceptors (Lipinski definition) is 8. The Morgan fingerprint density at radius 1 is 1.07 bits per heavy atom. The lowest BCUT2D eigenvalue weighted by Gasteiger charge is -2.32. The van der Waals surface area contributed by atoms with Crippen LogP contribution in [0.25, 0.3) is 0 Å². The van der Waals surface area contributed by atoms with Crippen molar-refractivity contribution in [3.63, 3.8) is 0 Å². The number of aromatic hydroxyl groups is 1. The summed E-state index contributed by atoms with van der Waals surface area (Å²) in [5.74, 6) is 2.25. The second-order valence-corrected chi connectivity index (χ2v) is 10.9. The smallest absolute Gasteiger partial charge is 0.160 e. The highest BCUT2D eigenvalue weighted by Crippen LogP contribution is 2.46. The summed E-state index contributed by atoms with van der Waals surface area (Å²) in [7, 11) is 7.00. The molecule has 2 unspecified atom stereocenters. The zero-order valence-electron chi connectivity index (χ0n) is 24.9. The summed E-state index contributed by atoms with van der Waals surface area (Å²) in [4.78, 5) is 6.98. The number of likely N-dealkylation sites (N-methyl/N-ethyl adjacent to an activating group) is 1. The Labute approximate surface area is 243 Å². The normalized spacial score (nSPS) is 15.8. The van der Waals surface area contributed by atoms with Gasteiger partial charge in [-0.05, 0) is 74.2 Å². The number of methoxy groups -OCH3 is 3. The van der Waals surface area contributed by atoms with E-state index in [0.717, 1.165) is 54.3 Å². The fourth-order valence-electron chi connectivity index (χ4n) is 5.58. The van der Waals surface area contributed by atoms with Crippen molar-refractivity contribution in [2.75, 3.05) is 41.5 Å². The zero-order valence-corrected chi connectivity index (χ0v) is 24.9. The van der Waals surface area contributed by atoms with Crippen molar-refractivity contribution in [2.24, 2.45) is 5.92 Å². The van der Waals surface area contributed by atoms with E-state index in [4.69, 9.17) is 23.9 Å². The highest BCUT2D eigenvalue weighted by Gasteiger charge is 2.42. The minimum absolute atomic E-state index is 0.0410. The third-order valence-electron chi connectivity index (χ3n) is 8.24. The van der Waals surface area contributed by atoms with Crippen LogP contribution in [0, 0.1) is 17.2 Å². The molecule has 0 radical (unpaired) electrons.